The summed E-state index contributed by atoms with van der Waals surface area (Å²) in [7, 11) is 0. The SMILES string of the molecule is C1=CN=C(c2ccc(-n3ccc4cc5c(cc43)c3ccccc3n5-c3ccccc3)cc2)CC1. The lowest BCUT2D eigenvalue weighted by Gasteiger charge is -2.11. The van der Waals surface area contributed by atoms with E-state index in [-0.39, 0.29) is 0 Å². The van der Waals surface area contributed by atoms with E-state index in [9.17, 15) is 0 Å². The Hall–Kier alpha value is -4.37. The molecule has 3 heteroatoms. The fourth-order valence-electron chi connectivity index (χ4n) is 5.21. The average molecular weight is 438 g/mol. The third kappa shape index (κ3) is 2.94. The number of allylic oxidation sites excluding steroid dienone is 1. The fraction of sp³-hybridized carbons (Fsp3) is 0.0645. The Bertz CT molecular complexity index is 1730. The van der Waals surface area contributed by atoms with E-state index in [1.165, 1.54) is 49.7 Å². The fourth-order valence-corrected chi connectivity index (χ4v) is 5.21. The maximum absolute atomic E-state index is 4.56. The van der Waals surface area contributed by atoms with Crippen LogP contribution < -0.4 is 0 Å². The normalized spacial score (nSPS) is 13.7. The zero-order valence-electron chi connectivity index (χ0n) is 18.7. The Morgan fingerprint density at radius 1 is 0.647 bits per heavy atom. The number of hydrogen-bond donors (Lipinski definition) is 0. The topological polar surface area (TPSA) is 22.2 Å². The van der Waals surface area contributed by atoms with Crippen molar-refractivity contribution in [3.05, 3.63) is 121 Å². The van der Waals surface area contributed by atoms with Crippen LogP contribution in [0.1, 0.15) is 18.4 Å². The molecule has 2 aromatic heterocycles. The van der Waals surface area contributed by atoms with E-state index in [1.54, 1.807) is 0 Å². The van der Waals surface area contributed by atoms with Crippen molar-refractivity contribution in [3.63, 3.8) is 0 Å². The van der Waals surface area contributed by atoms with Crippen LogP contribution in [0.3, 0.4) is 0 Å². The molecule has 0 bridgehead atoms. The molecule has 3 nitrogen and oxygen atoms in total. The van der Waals surface area contributed by atoms with Crippen LogP contribution in [0.15, 0.2) is 121 Å². The molecule has 3 heterocycles. The van der Waals surface area contributed by atoms with Crippen LogP contribution in [-0.4, -0.2) is 14.8 Å². The maximum Gasteiger partial charge on any atom is 0.0548 e. The average Bonchev–Trinajstić information content (AvgIpc) is 3.47. The van der Waals surface area contributed by atoms with Crippen molar-refractivity contribution >= 4 is 38.4 Å². The predicted molar refractivity (Wildman–Crippen MR) is 143 cm³/mol. The van der Waals surface area contributed by atoms with Crippen molar-refractivity contribution in [2.45, 2.75) is 12.8 Å². The summed E-state index contributed by atoms with van der Waals surface area (Å²) < 4.78 is 4.66. The quantitative estimate of drug-likeness (QED) is 0.269. The highest BCUT2D eigenvalue weighted by Crippen LogP contribution is 2.35. The molecule has 4 aromatic carbocycles. The van der Waals surface area contributed by atoms with Gasteiger partial charge < -0.3 is 9.13 Å². The molecule has 1 aliphatic heterocycles. The third-order valence-electron chi connectivity index (χ3n) is 6.86. The molecule has 0 radical (unpaired) electrons. The Labute approximate surface area is 197 Å². The smallest absolute Gasteiger partial charge is 0.0548 e. The summed E-state index contributed by atoms with van der Waals surface area (Å²) in [5, 5.41) is 3.78. The van der Waals surface area contributed by atoms with E-state index >= 15 is 0 Å². The molecule has 0 saturated heterocycles. The van der Waals surface area contributed by atoms with E-state index in [0.717, 1.165) is 18.5 Å². The van der Waals surface area contributed by atoms with Crippen molar-refractivity contribution in [2.75, 3.05) is 0 Å². The van der Waals surface area contributed by atoms with Gasteiger partial charge in [0.15, 0.2) is 0 Å². The molecule has 0 atom stereocenters. The molecule has 0 fully saturated rings. The van der Waals surface area contributed by atoms with Gasteiger partial charge in [0.05, 0.1) is 16.6 Å². The van der Waals surface area contributed by atoms with E-state index in [1.807, 2.05) is 6.20 Å². The van der Waals surface area contributed by atoms with Crippen LogP contribution in [0.2, 0.25) is 0 Å². The standard InChI is InChI=1S/C31H23N3/c1-2-8-25(9-3-1)34-29-12-5-4-10-26(29)27-21-30-23(20-31(27)34)17-19-33(30)24-15-13-22(14-16-24)28-11-6-7-18-32-28/h1-5,7-10,12-21H,6,11H2. The van der Waals surface area contributed by atoms with Gasteiger partial charge in [0.1, 0.15) is 0 Å². The summed E-state index contributed by atoms with van der Waals surface area (Å²) in [5.74, 6) is 0. The summed E-state index contributed by atoms with van der Waals surface area (Å²) in [6.07, 6.45) is 8.29. The van der Waals surface area contributed by atoms with Gasteiger partial charge in [-0.25, -0.2) is 0 Å². The molecular weight excluding hydrogens is 414 g/mol. The van der Waals surface area contributed by atoms with E-state index < -0.39 is 0 Å². The molecule has 0 spiro atoms. The zero-order valence-corrected chi connectivity index (χ0v) is 18.7. The number of fused-ring (bicyclic) bond motifs is 4. The summed E-state index contributed by atoms with van der Waals surface area (Å²) in [6.45, 7) is 0. The highest BCUT2D eigenvalue weighted by atomic mass is 15.0. The van der Waals surface area contributed by atoms with Gasteiger partial charge in [-0.3, -0.25) is 4.99 Å². The van der Waals surface area contributed by atoms with Gasteiger partial charge in [-0.1, -0.05) is 54.6 Å². The van der Waals surface area contributed by atoms with Crippen molar-refractivity contribution < 1.29 is 0 Å². The summed E-state index contributed by atoms with van der Waals surface area (Å²) in [5.41, 5.74) is 8.40. The Balaban J connectivity index is 1.42. The maximum atomic E-state index is 4.56. The lowest BCUT2D eigenvalue weighted by Crippen LogP contribution is -2.03. The van der Waals surface area contributed by atoms with Gasteiger partial charge >= 0.3 is 0 Å². The van der Waals surface area contributed by atoms with Gasteiger partial charge in [-0.05, 0) is 66.9 Å². The number of aliphatic imine (C=N–C) groups is 1. The second-order valence-corrected chi connectivity index (χ2v) is 8.85. The van der Waals surface area contributed by atoms with Crippen molar-refractivity contribution in [1.82, 2.24) is 9.13 Å². The van der Waals surface area contributed by atoms with Gasteiger partial charge in [-0.15, -0.1) is 0 Å². The number of para-hydroxylation sites is 2. The molecule has 6 aromatic rings. The van der Waals surface area contributed by atoms with Crippen molar-refractivity contribution in [3.8, 4) is 11.4 Å². The van der Waals surface area contributed by atoms with E-state index in [0.29, 0.717) is 0 Å². The van der Waals surface area contributed by atoms with Crippen molar-refractivity contribution in [2.24, 2.45) is 4.99 Å². The molecule has 162 valence electrons. The third-order valence-corrected chi connectivity index (χ3v) is 6.86. The van der Waals surface area contributed by atoms with E-state index in [2.05, 4.69) is 123 Å². The first-order valence-corrected chi connectivity index (χ1v) is 11.8. The monoisotopic (exact) mass is 437 g/mol. The van der Waals surface area contributed by atoms with Crippen LogP contribution in [-0.2, 0) is 0 Å². The second-order valence-electron chi connectivity index (χ2n) is 8.85. The van der Waals surface area contributed by atoms with Crippen LogP contribution in [0.4, 0.5) is 0 Å². The van der Waals surface area contributed by atoms with Crippen LogP contribution in [0.25, 0.3) is 44.1 Å². The Morgan fingerprint density at radius 3 is 2.29 bits per heavy atom. The second kappa shape index (κ2) is 7.60. The largest absolute Gasteiger partial charge is 0.317 e. The minimum absolute atomic E-state index is 1.01. The zero-order chi connectivity index (χ0) is 22.5. The predicted octanol–water partition coefficient (Wildman–Crippen LogP) is 7.82. The lowest BCUT2D eigenvalue weighted by atomic mass is 10.0. The first-order chi connectivity index (χ1) is 16.9. The van der Waals surface area contributed by atoms with Gasteiger partial charge in [-0.2, -0.15) is 0 Å². The number of rotatable bonds is 3. The number of nitrogens with zero attached hydrogens (tertiary/aromatic N) is 3. The number of hydrogen-bond acceptors (Lipinski definition) is 1. The Morgan fingerprint density at radius 2 is 1.47 bits per heavy atom. The first kappa shape index (κ1) is 19.1. The highest BCUT2D eigenvalue weighted by molar-refractivity contribution is 6.13. The summed E-state index contributed by atoms with van der Waals surface area (Å²) in [4.78, 5) is 4.56. The summed E-state index contributed by atoms with van der Waals surface area (Å²) in [6, 6.07) is 35.0. The molecule has 7 rings (SSSR count). The number of benzene rings is 4. The van der Waals surface area contributed by atoms with Crippen molar-refractivity contribution in [1.29, 1.82) is 0 Å². The molecule has 1 aliphatic rings. The molecule has 0 saturated carbocycles. The van der Waals surface area contributed by atoms with E-state index in [4.69, 9.17) is 0 Å². The molecule has 0 unspecified atom stereocenters. The lowest BCUT2D eigenvalue weighted by molar-refractivity contribution is 1.06. The minimum Gasteiger partial charge on any atom is -0.317 e. The Kier molecular flexibility index (Phi) is 4.28. The number of aromatic nitrogens is 2. The van der Waals surface area contributed by atoms with Gasteiger partial charge in [0.2, 0.25) is 0 Å². The minimum atomic E-state index is 1.01. The summed E-state index contributed by atoms with van der Waals surface area (Å²) >= 11 is 0. The highest BCUT2D eigenvalue weighted by Gasteiger charge is 2.15. The molecule has 0 N–H and O–H groups in total. The van der Waals surface area contributed by atoms with Gasteiger partial charge in [0.25, 0.3) is 0 Å². The van der Waals surface area contributed by atoms with Gasteiger partial charge in [0, 0.05) is 45.6 Å². The molecular formula is C31H23N3. The van der Waals surface area contributed by atoms with Crippen LogP contribution in [0, 0.1) is 0 Å². The first-order valence-electron chi connectivity index (χ1n) is 11.8. The van der Waals surface area contributed by atoms with Crippen LogP contribution >= 0.6 is 0 Å². The molecule has 0 aliphatic carbocycles. The van der Waals surface area contributed by atoms with Crippen LogP contribution in [0.5, 0.6) is 0 Å². The molecule has 0 amide bonds. The molecule has 34 heavy (non-hydrogen) atoms.